The Hall–Kier alpha value is -3.07. The maximum absolute atomic E-state index is 13.5. The van der Waals surface area contributed by atoms with Gasteiger partial charge in [0.25, 0.3) is 0 Å². The van der Waals surface area contributed by atoms with Crippen molar-refractivity contribution in [3.63, 3.8) is 0 Å². The number of hydrogen-bond acceptors (Lipinski definition) is 3. The van der Waals surface area contributed by atoms with Gasteiger partial charge in [-0.3, -0.25) is 5.11 Å². The monoisotopic (exact) mass is 452 g/mol. The van der Waals surface area contributed by atoms with E-state index in [1.54, 1.807) is 6.07 Å². The highest BCUT2D eigenvalue weighted by atomic mass is 19.4. The Morgan fingerprint density at radius 1 is 0.875 bits per heavy atom. The summed E-state index contributed by atoms with van der Waals surface area (Å²) < 4.78 is 74.6. The number of rotatable bonds is 5. The molecule has 2 atom stereocenters. The van der Waals surface area contributed by atoms with Gasteiger partial charge in [-0.2, -0.15) is 22.0 Å². The summed E-state index contributed by atoms with van der Waals surface area (Å²) in [6.07, 6.45) is -10.8. The first-order valence-electron chi connectivity index (χ1n) is 9.98. The molecular formula is C23H19F5NO3. The normalized spacial score (nSPS) is 19.7. The molecule has 9 heteroatoms. The van der Waals surface area contributed by atoms with Crippen LogP contribution in [0, 0.1) is 0 Å². The van der Waals surface area contributed by atoms with Crippen LogP contribution in [0.4, 0.5) is 22.0 Å². The van der Waals surface area contributed by atoms with Gasteiger partial charge in [-0.1, -0.05) is 36.4 Å². The Bertz CT molecular complexity index is 1100. The van der Waals surface area contributed by atoms with E-state index in [1.165, 1.54) is 24.3 Å². The lowest BCUT2D eigenvalue weighted by molar-refractivity contribution is -0.360. The number of ether oxygens (including phenoxy) is 2. The molecule has 0 aromatic heterocycles. The number of alkyl halides is 5. The van der Waals surface area contributed by atoms with Crippen molar-refractivity contribution >= 4 is 10.8 Å². The lowest BCUT2D eigenvalue weighted by Gasteiger charge is -2.34. The van der Waals surface area contributed by atoms with Crippen LogP contribution < -0.4 is 14.8 Å². The molecule has 4 nitrogen and oxygen atoms in total. The molecule has 1 aliphatic heterocycles. The van der Waals surface area contributed by atoms with E-state index in [9.17, 15) is 27.1 Å². The highest BCUT2D eigenvalue weighted by Crippen LogP contribution is 2.42. The summed E-state index contributed by atoms with van der Waals surface area (Å²) in [5.74, 6) is -1.21. The van der Waals surface area contributed by atoms with Crippen LogP contribution in [0.25, 0.3) is 10.8 Å². The molecule has 1 radical (unpaired) electrons. The molecule has 32 heavy (non-hydrogen) atoms. The first-order valence-corrected chi connectivity index (χ1v) is 9.98. The zero-order chi connectivity index (χ0) is 22.9. The molecular weight excluding hydrogens is 433 g/mol. The first-order chi connectivity index (χ1) is 15.2. The van der Waals surface area contributed by atoms with Crippen LogP contribution in [0.15, 0.2) is 60.7 Å². The molecule has 169 valence electrons. The molecule has 0 bridgehead atoms. The lowest BCUT2D eigenvalue weighted by atomic mass is 9.92. The van der Waals surface area contributed by atoms with Crippen LogP contribution in [0.5, 0.6) is 17.2 Å². The minimum Gasteiger partial charge on any atom is -0.485 e. The number of hydrogen-bond donors (Lipinski definition) is 1. The minimum atomic E-state index is -5.88. The molecule has 0 spiro atoms. The fourth-order valence-electron chi connectivity index (χ4n) is 3.77. The number of para-hydroxylation sites is 2. The van der Waals surface area contributed by atoms with E-state index < -0.39 is 30.2 Å². The average Bonchev–Trinajstić information content (AvgIpc) is 2.74. The Labute approximate surface area is 180 Å². The van der Waals surface area contributed by atoms with E-state index in [4.69, 9.17) is 4.74 Å². The molecule has 3 aromatic carbocycles. The van der Waals surface area contributed by atoms with E-state index >= 15 is 0 Å². The Morgan fingerprint density at radius 2 is 1.50 bits per heavy atom. The number of nitrogens with one attached hydrogen (secondary N) is 1. The average molecular weight is 452 g/mol. The maximum atomic E-state index is 13.5. The summed E-state index contributed by atoms with van der Waals surface area (Å²) in [6.45, 7) is 0.598. The predicted octanol–water partition coefficient (Wildman–Crippen LogP) is 6.39. The van der Waals surface area contributed by atoms with Crippen molar-refractivity contribution in [3.05, 3.63) is 66.2 Å². The highest BCUT2D eigenvalue weighted by molar-refractivity contribution is 5.85. The molecule has 1 fully saturated rings. The summed E-state index contributed by atoms with van der Waals surface area (Å²) in [7, 11) is 0. The molecule has 0 aliphatic carbocycles. The Kier molecular flexibility index (Phi) is 5.85. The molecule has 1 heterocycles. The van der Waals surface area contributed by atoms with Crippen LogP contribution in [-0.2, 0) is 5.11 Å². The van der Waals surface area contributed by atoms with Gasteiger partial charge in [-0.05, 0) is 54.4 Å². The predicted molar refractivity (Wildman–Crippen MR) is 107 cm³/mol. The standard InChI is InChI=1S/C23H19F5NO3/c24-22(25,26)23(27,28)32-19-9-4-3-8-18(19)31-20-10-5-11-29-21(20)16-12-14-6-1-2-7-15(14)13-17(16)30/h1-4,6-9,12-13,20-21,29H,5,10-11H2. The number of fused-ring (bicyclic) bond motifs is 1. The van der Waals surface area contributed by atoms with Crippen molar-refractivity contribution in [2.24, 2.45) is 0 Å². The number of piperidine rings is 1. The first kappa shape index (κ1) is 22.1. The molecule has 1 N–H and O–H groups in total. The van der Waals surface area contributed by atoms with Crippen molar-refractivity contribution in [1.29, 1.82) is 0 Å². The van der Waals surface area contributed by atoms with E-state index in [0.717, 1.165) is 16.8 Å². The fraction of sp³-hybridized carbons (Fsp3) is 0.304. The smallest absolute Gasteiger partial charge is 0.485 e. The molecule has 0 amide bonds. The molecule has 1 saturated heterocycles. The van der Waals surface area contributed by atoms with Gasteiger partial charge in [0.1, 0.15) is 6.10 Å². The third-order valence-electron chi connectivity index (χ3n) is 5.31. The van der Waals surface area contributed by atoms with Gasteiger partial charge in [-0.25, -0.2) is 0 Å². The van der Waals surface area contributed by atoms with Gasteiger partial charge in [-0.15, -0.1) is 0 Å². The van der Waals surface area contributed by atoms with Crippen molar-refractivity contribution in [2.75, 3.05) is 6.54 Å². The molecule has 2 unspecified atom stereocenters. The van der Waals surface area contributed by atoms with E-state index in [2.05, 4.69) is 10.1 Å². The SMILES string of the molecule is [O]c1cc2ccccc2cc1C1NCCCC1Oc1ccccc1OC(F)(F)C(F)(F)F. The second-order valence-electron chi connectivity index (χ2n) is 7.53. The molecule has 1 aliphatic rings. The van der Waals surface area contributed by atoms with Crippen molar-refractivity contribution < 1.29 is 36.5 Å². The summed E-state index contributed by atoms with van der Waals surface area (Å²) in [4.78, 5) is 0. The lowest BCUT2D eigenvalue weighted by Crippen LogP contribution is -2.42. The highest BCUT2D eigenvalue weighted by Gasteiger charge is 2.61. The summed E-state index contributed by atoms with van der Waals surface area (Å²) in [6, 6.07) is 15.0. The second-order valence-corrected chi connectivity index (χ2v) is 7.53. The van der Waals surface area contributed by atoms with Crippen LogP contribution >= 0.6 is 0 Å². The fourth-order valence-corrected chi connectivity index (χ4v) is 3.77. The third-order valence-corrected chi connectivity index (χ3v) is 5.31. The van der Waals surface area contributed by atoms with Crippen LogP contribution in [-0.4, -0.2) is 24.9 Å². The molecule has 3 aromatic rings. The van der Waals surface area contributed by atoms with Crippen molar-refractivity contribution in [1.82, 2.24) is 5.32 Å². The van der Waals surface area contributed by atoms with Gasteiger partial charge in [0.05, 0.1) is 6.04 Å². The number of benzene rings is 3. The quantitative estimate of drug-likeness (QED) is 0.457. The van der Waals surface area contributed by atoms with Crippen molar-refractivity contribution in [3.8, 4) is 17.2 Å². The zero-order valence-corrected chi connectivity index (χ0v) is 16.7. The zero-order valence-electron chi connectivity index (χ0n) is 16.7. The summed E-state index contributed by atoms with van der Waals surface area (Å²) >= 11 is 0. The van der Waals surface area contributed by atoms with Crippen LogP contribution in [0.1, 0.15) is 24.4 Å². The third kappa shape index (κ3) is 4.43. The molecule has 0 saturated carbocycles. The van der Waals surface area contributed by atoms with Crippen LogP contribution in [0.3, 0.4) is 0 Å². The van der Waals surface area contributed by atoms with Crippen molar-refractivity contribution in [2.45, 2.75) is 37.3 Å². The van der Waals surface area contributed by atoms with Gasteiger partial charge in [0.2, 0.25) is 0 Å². The topological polar surface area (TPSA) is 50.4 Å². The van der Waals surface area contributed by atoms with Crippen LogP contribution in [0.2, 0.25) is 0 Å². The van der Waals surface area contributed by atoms with Gasteiger partial charge < -0.3 is 14.8 Å². The largest absolute Gasteiger partial charge is 0.499 e. The van der Waals surface area contributed by atoms with Gasteiger partial charge >= 0.3 is 12.3 Å². The Morgan fingerprint density at radius 3 is 2.19 bits per heavy atom. The minimum absolute atomic E-state index is 0.218. The second kappa shape index (κ2) is 8.46. The van der Waals surface area contributed by atoms with E-state index in [1.807, 2.05) is 24.3 Å². The summed E-state index contributed by atoms with van der Waals surface area (Å²) in [5, 5.41) is 17.6. The molecule has 4 rings (SSSR count). The Balaban J connectivity index is 1.64. The van der Waals surface area contributed by atoms with Gasteiger partial charge in [0, 0.05) is 5.56 Å². The number of halogens is 5. The van der Waals surface area contributed by atoms with E-state index in [0.29, 0.717) is 24.9 Å². The maximum Gasteiger partial charge on any atom is 0.499 e. The van der Waals surface area contributed by atoms with E-state index in [-0.39, 0.29) is 11.5 Å². The summed E-state index contributed by atoms with van der Waals surface area (Å²) in [5.41, 5.74) is 0.437. The van der Waals surface area contributed by atoms with Gasteiger partial charge in [0.15, 0.2) is 17.2 Å².